The minimum absolute atomic E-state index is 0.131. The van der Waals surface area contributed by atoms with E-state index in [0.29, 0.717) is 5.69 Å². The van der Waals surface area contributed by atoms with E-state index in [1.165, 1.54) is 24.3 Å². The van der Waals surface area contributed by atoms with Crippen molar-refractivity contribution in [1.82, 2.24) is 9.78 Å². The Morgan fingerprint density at radius 2 is 1.59 bits per heavy atom. The van der Waals surface area contributed by atoms with E-state index in [1.54, 1.807) is 36.4 Å². The van der Waals surface area contributed by atoms with Gasteiger partial charge in [0.1, 0.15) is 4.90 Å². The first-order valence-electron chi connectivity index (χ1n) is 7.70. The Hall–Kier alpha value is -3.46. The van der Waals surface area contributed by atoms with E-state index in [2.05, 4.69) is 9.84 Å². The van der Waals surface area contributed by atoms with Crippen molar-refractivity contribution in [3.05, 3.63) is 82.8 Å². The summed E-state index contributed by atoms with van der Waals surface area (Å²) in [6.07, 6.45) is 0. The van der Waals surface area contributed by atoms with Crippen molar-refractivity contribution in [2.24, 2.45) is 0 Å². The van der Waals surface area contributed by atoms with Gasteiger partial charge in [0.15, 0.2) is 5.75 Å². The molecular weight excluding hydrogens is 372 g/mol. The SMILES string of the molecule is COC(=O)c1nn(-c2ccccc2)c(=O)cc1OS(=O)(=O)c1ccccc1. The maximum atomic E-state index is 12.4. The van der Waals surface area contributed by atoms with Gasteiger partial charge in [-0.05, 0) is 24.3 Å². The molecule has 0 amide bonds. The Kier molecular flexibility index (Phi) is 5.04. The Morgan fingerprint density at radius 1 is 1.00 bits per heavy atom. The molecule has 1 heterocycles. The van der Waals surface area contributed by atoms with Gasteiger partial charge in [-0.15, -0.1) is 0 Å². The number of carbonyl (C=O) groups is 1. The lowest BCUT2D eigenvalue weighted by Crippen LogP contribution is -2.25. The highest BCUT2D eigenvalue weighted by Crippen LogP contribution is 2.21. The van der Waals surface area contributed by atoms with Crippen LogP contribution in [0.4, 0.5) is 0 Å². The van der Waals surface area contributed by atoms with Crippen LogP contribution in [0.5, 0.6) is 5.75 Å². The number of aromatic nitrogens is 2. The van der Waals surface area contributed by atoms with Crippen LogP contribution in [0, 0.1) is 0 Å². The van der Waals surface area contributed by atoms with E-state index in [1.807, 2.05) is 0 Å². The molecule has 0 bridgehead atoms. The number of benzene rings is 2. The van der Waals surface area contributed by atoms with Crippen molar-refractivity contribution in [2.45, 2.75) is 4.90 Å². The number of nitrogens with zero attached hydrogens (tertiary/aromatic N) is 2. The molecule has 0 spiro atoms. The first-order valence-corrected chi connectivity index (χ1v) is 9.11. The van der Waals surface area contributed by atoms with E-state index in [4.69, 9.17) is 4.18 Å². The Morgan fingerprint density at radius 3 is 2.19 bits per heavy atom. The lowest BCUT2D eigenvalue weighted by molar-refractivity contribution is 0.0589. The summed E-state index contributed by atoms with van der Waals surface area (Å²) in [6.45, 7) is 0. The van der Waals surface area contributed by atoms with E-state index in [0.717, 1.165) is 17.9 Å². The van der Waals surface area contributed by atoms with E-state index in [-0.39, 0.29) is 4.90 Å². The second kappa shape index (κ2) is 7.42. The second-order valence-electron chi connectivity index (χ2n) is 5.28. The first-order chi connectivity index (χ1) is 12.9. The molecule has 0 unspecified atom stereocenters. The molecule has 0 N–H and O–H groups in total. The summed E-state index contributed by atoms with van der Waals surface area (Å²) in [5, 5.41) is 3.93. The predicted octanol–water partition coefficient (Wildman–Crippen LogP) is 1.79. The number of rotatable bonds is 5. The van der Waals surface area contributed by atoms with Gasteiger partial charge in [-0.2, -0.15) is 18.2 Å². The largest absolute Gasteiger partial charge is 0.464 e. The topological polar surface area (TPSA) is 105 Å². The lowest BCUT2D eigenvalue weighted by atomic mass is 10.3. The smallest absolute Gasteiger partial charge is 0.362 e. The second-order valence-corrected chi connectivity index (χ2v) is 6.83. The molecule has 0 saturated heterocycles. The van der Waals surface area contributed by atoms with Gasteiger partial charge in [0.25, 0.3) is 5.56 Å². The molecule has 0 aliphatic heterocycles. The third-order valence-corrected chi connectivity index (χ3v) is 4.76. The van der Waals surface area contributed by atoms with Crippen molar-refractivity contribution in [3.8, 4) is 11.4 Å². The van der Waals surface area contributed by atoms with Crippen molar-refractivity contribution in [2.75, 3.05) is 7.11 Å². The van der Waals surface area contributed by atoms with Crippen LogP contribution in [-0.4, -0.2) is 31.3 Å². The monoisotopic (exact) mass is 386 g/mol. The Bertz CT molecular complexity index is 1130. The van der Waals surface area contributed by atoms with Gasteiger partial charge >= 0.3 is 16.1 Å². The Balaban J connectivity index is 2.12. The summed E-state index contributed by atoms with van der Waals surface area (Å²) in [6, 6.07) is 16.5. The Labute approximate surface area is 154 Å². The zero-order chi connectivity index (χ0) is 19.4. The average Bonchev–Trinajstić information content (AvgIpc) is 2.68. The highest BCUT2D eigenvalue weighted by molar-refractivity contribution is 7.87. The third kappa shape index (κ3) is 3.87. The molecule has 0 radical (unpaired) electrons. The number of carbonyl (C=O) groups excluding carboxylic acids is 1. The van der Waals surface area contributed by atoms with E-state index in [9.17, 15) is 18.0 Å². The third-order valence-electron chi connectivity index (χ3n) is 3.51. The van der Waals surface area contributed by atoms with Gasteiger partial charge in [0, 0.05) is 0 Å². The van der Waals surface area contributed by atoms with Gasteiger partial charge in [-0.25, -0.2) is 4.79 Å². The van der Waals surface area contributed by atoms with E-state index < -0.39 is 33.1 Å². The van der Waals surface area contributed by atoms with Gasteiger partial charge < -0.3 is 8.92 Å². The molecular formula is C18H14N2O6S. The molecule has 8 nitrogen and oxygen atoms in total. The minimum atomic E-state index is -4.27. The number of hydrogen-bond donors (Lipinski definition) is 0. The zero-order valence-corrected chi connectivity index (χ0v) is 14.9. The summed E-state index contributed by atoms with van der Waals surface area (Å²) >= 11 is 0. The summed E-state index contributed by atoms with van der Waals surface area (Å²) in [5.41, 5.74) is -0.724. The van der Waals surface area contributed by atoms with Crippen LogP contribution >= 0.6 is 0 Å². The molecule has 2 aromatic carbocycles. The van der Waals surface area contributed by atoms with Crippen LogP contribution in [0.2, 0.25) is 0 Å². The molecule has 0 aliphatic carbocycles. The molecule has 27 heavy (non-hydrogen) atoms. The molecule has 0 atom stereocenters. The fourth-order valence-electron chi connectivity index (χ4n) is 2.25. The van der Waals surface area contributed by atoms with Gasteiger partial charge in [0.2, 0.25) is 5.69 Å². The number of methoxy groups -OCH3 is 1. The van der Waals surface area contributed by atoms with Gasteiger partial charge in [-0.1, -0.05) is 36.4 Å². The maximum absolute atomic E-state index is 12.4. The van der Waals surface area contributed by atoms with Crippen LogP contribution in [-0.2, 0) is 14.9 Å². The molecule has 9 heteroatoms. The predicted molar refractivity (Wildman–Crippen MR) is 95.4 cm³/mol. The van der Waals surface area contributed by atoms with Gasteiger partial charge in [0.05, 0.1) is 18.9 Å². The molecule has 0 aliphatic rings. The highest BCUT2D eigenvalue weighted by atomic mass is 32.2. The normalized spacial score (nSPS) is 11.0. The zero-order valence-electron chi connectivity index (χ0n) is 14.1. The fourth-order valence-corrected chi connectivity index (χ4v) is 3.20. The van der Waals surface area contributed by atoms with Crippen LogP contribution in [0.3, 0.4) is 0 Å². The number of hydrogen-bond acceptors (Lipinski definition) is 7. The van der Waals surface area contributed by atoms with Crippen molar-refractivity contribution >= 4 is 16.1 Å². The molecule has 138 valence electrons. The highest BCUT2D eigenvalue weighted by Gasteiger charge is 2.25. The number of ether oxygens (including phenoxy) is 1. The molecule has 3 rings (SSSR count). The summed E-state index contributed by atoms with van der Waals surface area (Å²) < 4.78 is 35.4. The average molecular weight is 386 g/mol. The quantitative estimate of drug-likeness (QED) is 0.486. The fraction of sp³-hybridized carbons (Fsp3) is 0.0556. The van der Waals surface area contributed by atoms with Crippen molar-refractivity contribution < 1.29 is 22.1 Å². The molecule has 0 saturated carbocycles. The maximum Gasteiger partial charge on any atom is 0.362 e. The number of para-hydroxylation sites is 1. The molecule has 0 fully saturated rings. The van der Waals surface area contributed by atoms with Crippen LogP contribution in [0.25, 0.3) is 5.69 Å². The van der Waals surface area contributed by atoms with Gasteiger partial charge in [-0.3, -0.25) is 4.79 Å². The molecule has 3 aromatic rings. The minimum Gasteiger partial charge on any atom is -0.464 e. The lowest BCUT2D eigenvalue weighted by Gasteiger charge is -2.12. The van der Waals surface area contributed by atoms with Crippen molar-refractivity contribution in [3.63, 3.8) is 0 Å². The standard InChI is InChI=1S/C18H14N2O6S/c1-25-18(22)17-15(26-27(23,24)14-10-6-3-7-11-14)12-16(21)20(19-17)13-8-4-2-5-9-13/h2-12H,1H3. The summed E-state index contributed by atoms with van der Waals surface area (Å²) in [7, 11) is -3.16. The number of esters is 1. The van der Waals surface area contributed by atoms with Crippen LogP contribution in [0.1, 0.15) is 10.5 Å². The first kappa shape index (κ1) is 18.3. The summed E-state index contributed by atoms with van der Waals surface area (Å²) in [4.78, 5) is 24.3. The van der Waals surface area contributed by atoms with Crippen LogP contribution in [0.15, 0.2) is 76.4 Å². The molecule has 1 aromatic heterocycles. The summed E-state index contributed by atoms with van der Waals surface area (Å²) in [5.74, 6) is -1.46. The van der Waals surface area contributed by atoms with Crippen molar-refractivity contribution in [1.29, 1.82) is 0 Å². The van der Waals surface area contributed by atoms with E-state index >= 15 is 0 Å². The van der Waals surface area contributed by atoms with Crippen LogP contribution < -0.4 is 9.74 Å².